The first-order valence-corrected chi connectivity index (χ1v) is 13.3. The second-order valence-corrected chi connectivity index (χ2v) is 11.2. The van der Waals surface area contributed by atoms with Crippen LogP contribution >= 0.6 is 11.8 Å². The summed E-state index contributed by atoms with van der Waals surface area (Å²) >= 11 is 1.23. The summed E-state index contributed by atoms with van der Waals surface area (Å²) in [6, 6.07) is 15.4. The molecule has 1 atom stereocenters. The predicted molar refractivity (Wildman–Crippen MR) is 133 cm³/mol. The Balaban J connectivity index is 1.47. The summed E-state index contributed by atoms with van der Waals surface area (Å²) in [6.07, 6.45) is 1.63. The van der Waals surface area contributed by atoms with Crippen LogP contribution in [0.25, 0.3) is 10.9 Å². The lowest BCUT2D eigenvalue weighted by Crippen LogP contribution is -2.52. The summed E-state index contributed by atoms with van der Waals surface area (Å²) in [4.78, 5) is 32.6. The number of amides is 1. The zero-order chi connectivity index (χ0) is 24.3. The van der Waals surface area contributed by atoms with Gasteiger partial charge in [-0.1, -0.05) is 48.2 Å². The van der Waals surface area contributed by atoms with E-state index in [0.717, 1.165) is 0 Å². The molecule has 0 saturated carbocycles. The van der Waals surface area contributed by atoms with Gasteiger partial charge in [-0.25, -0.2) is 13.4 Å². The van der Waals surface area contributed by atoms with Crippen molar-refractivity contribution in [3.63, 3.8) is 0 Å². The smallest absolute Gasteiger partial charge is 0.262 e. The number of carbonyl (C=O) groups is 1. The van der Waals surface area contributed by atoms with Gasteiger partial charge in [-0.2, -0.15) is 4.31 Å². The molecule has 1 aliphatic heterocycles. The first kappa shape index (κ1) is 24.2. The molecule has 0 bridgehead atoms. The number of hydrogen-bond acceptors (Lipinski definition) is 6. The van der Waals surface area contributed by atoms with E-state index < -0.39 is 15.3 Å². The van der Waals surface area contributed by atoms with E-state index in [1.165, 1.54) is 20.6 Å². The molecule has 2 aromatic carbocycles. The maximum Gasteiger partial charge on any atom is 0.262 e. The fraction of sp³-hybridized carbons (Fsp3) is 0.292. The van der Waals surface area contributed by atoms with Crippen molar-refractivity contribution in [1.82, 2.24) is 18.8 Å². The van der Waals surface area contributed by atoms with E-state index in [1.807, 2.05) is 6.07 Å². The highest BCUT2D eigenvalue weighted by molar-refractivity contribution is 8.00. The fourth-order valence-corrected chi connectivity index (χ4v) is 6.33. The van der Waals surface area contributed by atoms with Crippen LogP contribution in [0.5, 0.6) is 0 Å². The van der Waals surface area contributed by atoms with E-state index in [1.54, 1.807) is 66.4 Å². The van der Waals surface area contributed by atoms with Crippen molar-refractivity contribution in [3.8, 4) is 0 Å². The number of rotatable bonds is 7. The van der Waals surface area contributed by atoms with Crippen molar-refractivity contribution < 1.29 is 13.2 Å². The van der Waals surface area contributed by atoms with Gasteiger partial charge in [0.15, 0.2) is 5.16 Å². The Hall–Kier alpha value is -2.95. The van der Waals surface area contributed by atoms with E-state index in [2.05, 4.69) is 11.6 Å². The molecule has 3 aromatic rings. The monoisotopic (exact) mass is 498 g/mol. The molecule has 1 amide bonds. The Morgan fingerprint density at radius 2 is 1.74 bits per heavy atom. The summed E-state index contributed by atoms with van der Waals surface area (Å²) in [7, 11) is -3.58. The molecule has 0 radical (unpaired) electrons. The third-order valence-electron chi connectivity index (χ3n) is 5.70. The molecule has 2 heterocycles. The number of sulfonamides is 1. The first-order valence-electron chi connectivity index (χ1n) is 10.9. The number of para-hydroxylation sites is 1. The zero-order valence-corrected chi connectivity index (χ0v) is 20.5. The van der Waals surface area contributed by atoms with Crippen molar-refractivity contribution in [2.45, 2.75) is 28.8 Å². The summed E-state index contributed by atoms with van der Waals surface area (Å²) in [5, 5.41) is 0.472. The third-order valence-corrected chi connectivity index (χ3v) is 8.69. The zero-order valence-electron chi connectivity index (χ0n) is 18.8. The number of benzene rings is 2. The van der Waals surface area contributed by atoms with Crippen LogP contribution in [0.3, 0.4) is 0 Å². The SMILES string of the molecule is C=CCn1c(SC(C)C(=O)N2CCN(S(=O)(=O)c3ccccc3)CC2)nc2ccccc2c1=O. The number of hydrogen-bond donors (Lipinski definition) is 0. The Morgan fingerprint density at radius 3 is 2.41 bits per heavy atom. The van der Waals surface area contributed by atoms with Gasteiger partial charge in [-0.3, -0.25) is 14.2 Å². The van der Waals surface area contributed by atoms with Crippen LogP contribution in [-0.2, 0) is 21.4 Å². The van der Waals surface area contributed by atoms with Crippen LogP contribution in [0.4, 0.5) is 0 Å². The van der Waals surface area contributed by atoms with Crippen LogP contribution in [0.15, 0.2) is 82.1 Å². The van der Waals surface area contributed by atoms with E-state index in [9.17, 15) is 18.0 Å². The lowest BCUT2D eigenvalue weighted by molar-refractivity contribution is -0.131. The Bertz CT molecular complexity index is 1360. The minimum atomic E-state index is -3.58. The molecule has 0 spiro atoms. The molecule has 1 aromatic heterocycles. The van der Waals surface area contributed by atoms with Crippen LogP contribution in [0.1, 0.15) is 6.92 Å². The molecule has 1 saturated heterocycles. The lowest BCUT2D eigenvalue weighted by Gasteiger charge is -2.35. The molecular weight excluding hydrogens is 472 g/mol. The second kappa shape index (κ2) is 10.1. The number of allylic oxidation sites excluding steroid dienone is 1. The molecule has 0 aliphatic carbocycles. The van der Waals surface area contributed by atoms with Gasteiger partial charge in [0.05, 0.1) is 21.0 Å². The molecule has 178 valence electrons. The highest BCUT2D eigenvalue weighted by atomic mass is 32.2. The molecule has 1 fully saturated rings. The molecule has 34 heavy (non-hydrogen) atoms. The van der Waals surface area contributed by atoms with Crippen molar-refractivity contribution in [3.05, 3.63) is 77.6 Å². The molecule has 10 heteroatoms. The standard InChI is InChI=1S/C24H26N4O4S2/c1-3-13-28-23(30)20-11-7-8-12-21(20)25-24(28)33-18(2)22(29)26-14-16-27(17-15-26)34(31,32)19-9-5-4-6-10-19/h3-12,18H,1,13-17H2,2H3. The van der Waals surface area contributed by atoms with Crippen molar-refractivity contribution >= 4 is 38.6 Å². The molecule has 8 nitrogen and oxygen atoms in total. The predicted octanol–water partition coefficient (Wildman–Crippen LogP) is 2.60. The summed E-state index contributed by atoms with van der Waals surface area (Å²) < 4.78 is 28.6. The highest BCUT2D eigenvalue weighted by Gasteiger charge is 2.32. The van der Waals surface area contributed by atoms with Crippen LogP contribution < -0.4 is 5.56 Å². The fourth-order valence-electron chi connectivity index (χ4n) is 3.88. The molecule has 0 N–H and O–H groups in total. The van der Waals surface area contributed by atoms with E-state index >= 15 is 0 Å². The number of carbonyl (C=O) groups excluding carboxylic acids is 1. The summed E-state index contributed by atoms with van der Waals surface area (Å²) in [5.74, 6) is -0.116. The van der Waals surface area contributed by atoms with Gasteiger partial charge in [0.2, 0.25) is 15.9 Å². The van der Waals surface area contributed by atoms with Gasteiger partial charge in [0, 0.05) is 32.7 Å². The maximum atomic E-state index is 13.1. The summed E-state index contributed by atoms with van der Waals surface area (Å²) in [5.41, 5.74) is 0.405. The molecule has 1 aliphatic rings. The van der Waals surface area contributed by atoms with Gasteiger partial charge >= 0.3 is 0 Å². The van der Waals surface area contributed by atoms with Crippen molar-refractivity contribution in [2.24, 2.45) is 0 Å². The molecular formula is C24H26N4O4S2. The normalized spacial score (nSPS) is 15.9. The number of nitrogens with zero attached hydrogens (tertiary/aromatic N) is 4. The van der Waals surface area contributed by atoms with Crippen LogP contribution in [0, 0.1) is 0 Å². The van der Waals surface area contributed by atoms with Gasteiger partial charge in [-0.15, -0.1) is 6.58 Å². The Morgan fingerprint density at radius 1 is 1.09 bits per heavy atom. The molecule has 1 unspecified atom stereocenters. The minimum absolute atomic E-state index is 0.116. The Kier molecular flexibility index (Phi) is 7.20. The van der Waals surface area contributed by atoms with Gasteiger partial charge in [0.1, 0.15) is 0 Å². The molecule has 4 rings (SSSR count). The number of fused-ring (bicyclic) bond motifs is 1. The van der Waals surface area contributed by atoms with Crippen molar-refractivity contribution in [1.29, 1.82) is 0 Å². The van der Waals surface area contributed by atoms with E-state index in [-0.39, 0.29) is 36.0 Å². The summed E-state index contributed by atoms with van der Waals surface area (Å²) in [6.45, 7) is 6.87. The number of thioether (sulfide) groups is 1. The topological polar surface area (TPSA) is 92.6 Å². The average molecular weight is 499 g/mol. The van der Waals surface area contributed by atoms with Gasteiger partial charge in [-0.05, 0) is 31.2 Å². The van der Waals surface area contributed by atoms with Crippen molar-refractivity contribution in [2.75, 3.05) is 26.2 Å². The van der Waals surface area contributed by atoms with E-state index in [0.29, 0.717) is 29.1 Å². The average Bonchev–Trinajstić information content (AvgIpc) is 2.86. The van der Waals surface area contributed by atoms with Crippen LogP contribution in [-0.4, -0.2) is 64.5 Å². The number of piperazine rings is 1. The highest BCUT2D eigenvalue weighted by Crippen LogP contribution is 2.25. The largest absolute Gasteiger partial charge is 0.339 e. The lowest BCUT2D eigenvalue weighted by atomic mass is 10.2. The maximum absolute atomic E-state index is 13.1. The quantitative estimate of drug-likeness (QED) is 0.282. The Labute approximate surface area is 203 Å². The van der Waals surface area contributed by atoms with Crippen LogP contribution in [0.2, 0.25) is 0 Å². The number of aromatic nitrogens is 2. The van der Waals surface area contributed by atoms with Gasteiger partial charge in [0.25, 0.3) is 5.56 Å². The third kappa shape index (κ3) is 4.79. The van der Waals surface area contributed by atoms with E-state index in [4.69, 9.17) is 0 Å². The second-order valence-electron chi connectivity index (χ2n) is 7.92. The minimum Gasteiger partial charge on any atom is -0.339 e. The van der Waals surface area contributed by atoms with Gasteiger partial charge < -0.3 is 4.90 Å². The first-order chi connectivity index (χ1) is 16.3.